The maximum absolute atomic E-state index is 14.6. The number of nitrogens with one attached hydrogen (secondary N) is 1. The Bertz CT molecular complexity index is 1390. The summed E-state index contributed by atoms with van der Waals surface area (Å²) in [5.74, 6) is -0.411. The van der Waals surface area contributed by atoms with Gasteiger partial charge in [-0.3, -0.25) is 9.36 Å². The number of halogens is 2. The summed E-state index contributed by atoms with van der Waals surface area (Å²) in [6, 6.07) is 7.11. The number of nitrogens with two attached hydrogens (primary N) is 1. The van der Waals surface area contributed by atoms with Crippen molar-refractivity contribution < 1.29 is 42.3 Å². The Morgan fingerprint density at radius 2 is 1.95 bits per heavy atom. The van der Waals surface area contributed by atoms with Gasteiger partial charge >= 0.3 is 12.6 Å². The van der Waals surface area contributed by atoms with Gasteiger partial charge in [-0.2, -0.15) is 0 Å². The topological polar surface area (TPSA) is 176 Å². The predicted octanol–water partition coefficient (Wildman–Crippen LogP) is 1.91. The molecule has 4 rings (SSSR count). The summed E-state index contributed by atoms with van der Waals surface area (Å²) in [5.41, 5.74) is 3.28. The first-order chi connectivity index (χ1) is 18.9. The predicted molar refractivity (Wildman–Crippen MR) is 142 cm³/mol. The number of hydrogen-bond donors (Lipinski definition) is 4. The van der Waals surface area contributed by atoms with Crippen LogP contribution in [0.25, 0.3) is 11.2 Å². The second-order valence-corrected chi connectivity index (χ2v) is 12.4. The van der Waals surface area contributed by atoms with Gasteiger partial charge in [0, 0.05) is 0 Å². The molecule has 3 aromatic rings. The zero-order valence-electron chi connectivity index (χ0n) is 21.6. The highest BCUT2D eigenvalue weighted by atomic mass is 32.5. The Morgan fingerprint density at radius 3 is 2.60 bits per heavy atom. The van der Waals surface area contributed by atoms with Gasteiger partial charge in [-0.15, -0.1) is 0 Å². The average Bonchev–Trinajstić information content (AvgIpc) is 3.43. The molecule has 1 unspecified atom stereocenters. The molecule has 0 spiro atoms. The van der Waals surface area contributed by atoms with Gasteiger partial charge in [0.05, 0.1) is 19.0 Å². The van der Waals surface area contributed by atoms with E-state index in [1.807, 2.05) is 0 Å². The zero-order chi connectivity index (χ0) is 29.2. The number of imidazole rings is 1. The van der Waals surface area contributed by atoms with Gasteiger partial charge in [-0.25, -0.2) is 28.8 Å². The average molecular weight is 603 g/mol. The van der Waals surface area contributed by atoms with Gasteiger partial charge in [0.2, 0.25) is 0 Å². The molecule has 0 radical (unpaired) electrons. The highest BCUT2D eigenvalue weighted by Crippen LogP contribution is 2.49. The van der Waals surface area contributed by atoms with E-state index in [9.17, 15) is 23.8 Å². The minimum atomic E-state index is -3.78. The number of ether oxygens (including phenoxy) is 2. The quantitative estimate of drug-likeness (QED) is 0.185. The molecule has 0 aliphatic carbocycles. The minimum Gasteiger partial charge on any atom is -0.462 e. The zero-order valence-corrected chi connectivity index (χ0v) is 23.3. The number of esters is 1. The first-order valence-electron chi connectivity index (χ1n) is 12.1. The maximum atomic E-state index is 14.6. The van der Waals surface area contributed by atoms with E-state index in [4.69, 9.17) is 36.1 Å². The fourth-order valence-corrected chi connectivity index (χ4v) is 6.39. The van der Waals surface area contributed by atoms with Crippen LogP contribution in [0.2, 0.25) is 0 Å². The number of nitrogen functional groups attached to an aromatic ring is 1. The van der Waals surface area contributed by atoms with Gasteiger partial charge in [0.15, 0.2) is 23.3 Å². The number of anilines is 1. The summed E-state index contributed by atoms with van der Waals surface area (Å²) < 4.78 is 52.8. The third-order valence-electron chi connectivity index (χ3n) is 5.97. The smallest absolute Gasteiger partial charge is 0.323 e. The largest absolute Gasteiger partial charge is 0.462 e. The van der Waals surface area contributed by atoms with Gasteiger partial charge in [0.1, 0.15) is 35.8 Å². The van der Waals surface area contributed by atoms with Crippen molar-refractivity contribution in [2.75, 3.05) is 12.3 Å². The summed E-state index contributed by atoms with van der Waals surface area (Å²) in [4.78, 5) is 24.3. The molecule has 17 heteroatoms. The molecule has 3 heterocycles. The number of aromatic nitrogens is 4. The number of aliphatic hydroxyl groups is 2. The van der Waals surface area contributed by atoms with E-state index in [0.717, 1.165) is 10.9 Å². The Hall–Kier alpha value is -2.85. The number of nitrogens with zero attached hydrogens (tertiary/aromatic N) is 4. The Morgan fingerprint density at radius 1 is 1.25 bits per heavy atom. The number of alkyl halides is 2. The van der Waals surface area contributed by atoms with Crippen LogP contribution in [0.5, 0.6) is 5.75 Å². The van der Waals surface area contributed by atoms with Crippen LogP contribution in [0.15, 0.2) is 43.0 Å². The highest BCUT2D eigenvalue weighted by Gasteiger charge is 2.61. The molecule has 0 saturated carbocycles. The molecule has 2 aromatic heterocycles. The fourth-order valence-electron chi connectivity index (χ4n) is 3.97. The molecule has 1 fully saturated rings. The number of benzene rings is 1. The van der Waals surface area contributed by atoms with Gasteiger partial charge in [0.25, 0.3) is 6.43 Å². The van der Waals surface area contributed by atoms with Crippen LogP contribution in [0, 0.1) is 0 Å². The summed E-state index contributed by atoms with van der Waals surface area (Å²) in [6.07, 6.45) is -7.03. The molecule has 218 valence electrons. The van der Waals surface area contributed by atoms with E-state index >= 15 is 0 Å². The van der Waals surface area contributed by atoms with Crippen molar-refractivity contribution in [1.82, 2.24) is 24.6 Å². The van der Waals surface area contributed by atoms with Crippen molar-refractivity contribution in [3.8, 4) is 5.75 Å². The molecule has 1 aromatic carbocycles. The Balaban J connectivity index is 1.62. The molecule has 5 N–H and O–H groups in total. The van der Waals surface area contributed by atoms with E-state index < -0.39 is 61.8 Å². The SMILES string of the molecule is CC(C)OC(=O)[C@H](C)NP(=S)(OC[C@@]1(C(F)F)O[C@@H](n2cnc3c(N)ncnc32)[C@H](O)[C@H]1O)Oc1ccccc1. The standard InChI is InChI=1S/C23H29F2N6O7PS/c1-12(2)36-21(34)13(3)30-39(40,38-14-7-5-4-6-8-14)35-9-23(22(24)25)17(33)16(32)20(37-23)31-11-29-15-18(26)27-10-28-19(15)31/h4-8,10-13,16-17,20,22,32-33H,9H2,1-3H3,(H,30,40)(H2,26,27,28)/t13-,16+,17+,20+,23+,39?/m0/s1. The number of rotatable bonds is 11. The van der Waals surface area contributed by atoms with Crippen LogP contribution in [0.1, 0.15) is 27.0 Å². The van der Waals surface area contributed by atoms with Crippen LogP contribution in [0.4, 0.5) is 14.6 Å². The number of para-hydroxylation sites is 1. The van der Waals surface area contributed by atoms with E-state index in [0.29, 0.717) is 0 Å². The summed E-state index contributed by atoms with van der Waals surface area (Å²) in [6.45, 7) is -0.0311. The third-order valence-corrected chi connectivity index (χ3v) is 8.45. The molecule has 1 aliphatic heterocycles. The third kappa shape index (κ3) is 6.07. The molecule has 1 saturated heterocycles. The summed E-state index contributed by atoms with van der Waals surface area (Å²) >= 11 is 5.58. The molecular weight excluding hydrogens is 573 g/mol. The first kappa shape index (κ1) is 30.1. The van der Waals surface area contributed by atoms with Crippen LogP contribution in [0.3, 0.4) is 0 Å². The monoisotopic (exact) mass is 602 g/mol. The number of aliphatic hydroxyl groups excluding tert-OH is 2. The number of hydrogen-bond acceptors (Lipinski definition) is 12. The van der Waals surface area contributed by atoms with E-state index in [2.05, 4.69) is 20.0 Å². The van der Waals surface area contributed by atoms with Gasteiger partial charge in [-0.05, 0) is 44.7 Å². The van der Waals surface area contributed by atoms with Crippen LogP contribution in [-0.4, -0.2) is 78.7 Å². The van der Waals surface area contributed by atoms with Gasteiger partial charge in [-0.1, -0.05) is 18.2 Å². The van der Waals surface area contributed by atoms with E-state index in [1.54, 1.807) is 44.2 Å². The normalized spacial score (nSPS) is 25.3. The molecule has 0 amide bonds. The van der Waals surface area contributed by atoms with Crippen molar-refractivity contribution >= 4 is 41.4 Å². The van der Waals surface area contributed by atoms with Crippen LogP contribution < -0.4 is 15.3 Å². The molecule has 1 aliphatic rings. The Kier molecular flexibility index (Phi) is 8.99. The highest BCUT2D eigenvalue weighted by molar-refractivity contribution is 8.09. The molecular formula is C23H29F2N6O7PS. The van der Waals surface area contributed by atoms with Crippen molar-refractivity contribution in [1.29, 1.82) is 0 Å². The second-order valence-electron chi connectivity index (χ2n) is 9.29. The number of fused-ring (bicyclic) bond motifs is 1. The lowest BCUT2D eigenvalue weighted by Crippen LogP contribution is -2.53. The van der Waals surface area contributed by atoms with Gasteiger partial charge < -0.3 is 34.5 Å². The summed E-state index contributed by atoms with van der Waals surface area (Å²) in [7, 11) is 0. The first-order valence-corrected chi connectivity index (χ1v) is 14.7. The van der Waals surface area contributed by atoms with Crippen LogP contribution in [-0.2, 0) is 30.6 Å². The lowest BCUT2D eigenvalue weighted by Gasteiger charge is -2.34. The lowest BCUT2D eigenvalue weighted by atomic mass is 9.96. The van der Waals surface area contributed by atoms with Crippen molar-refractivity contribution in [2.24, 2.45) is 0 Å². The second kappa shape index (κ2) is 11.9. The fraction of sp³-hybridized carbons (Fsp3) is 0.478. The molecule has 6 atom stereocenters. The number of carbonyl (C=O) groups excluding carboxylic acids is 1. The van der Waals surface area contributed by atoms with Crippen LogP contribution >= 0.6 is 6.64 Å². The number of carbonyl (C=O) groups is 1. The maximum Gasteiger partial charge on any atom is 0.323 e. The minimum absolute atomic E-state index is 0.0233. The van der Waals surface area contributed by atoms with Crippen molar-refractivity contribution in [2.45, 2.75) is 63.4 Å². The Labute approximate surface area is 232 Å². The van der Waals surface area contributed by atoms with E-state index in [1.165, 1.54) is 13.3 Å². The van der Waals surface area contributed by atoms with Crippen molar-refractivity contribution in [3.63, 3.8) is 0 Å². The van der Waals surface area contributed by atoms with E-state index in [-0.39, 0.29) is 22.7 Å². The van der Waals surface area contributed by atoms with Crippen molar-refractivity contribution in [3.05, 3.63) is 43.0 Å². The summed E-state index contributed by atoms with van der Waals surface area (Å²) in [5, 5.41) is 24.4. The lowest BCUT2D eigenvalue weighted by molar-refractivity contribution is -0.191. The molecule has 40 heavy (non-hydrogen) atoms. The molecule has 13 nitrogen and oxygen atoms in total. The molecule has 0 bridgehead atoms.